The number of nitrogens with zero attached hydrogens (tertiary/aromatic N) is 1. The van der Waals surface area contributed by atoms with E-state index in [9.17, 15) is 13.6 Å². The Bertz CT molecular complexity index is 441. The van der Waals surface area contributed by atoms with Crippen molar-refractivity contribution in [3.8, 4) is 5.88 Å². The van der Waals surface area contributed by atoms with Crippen LogP contribution in [0.4, 0.5) is 8.78 Å². The van der Waals surface area contributed by atoms with Gasteiger partial charge in [-0.1, -0.05) is 0 Å². The number of rotatable bonds is 5. The Morgan fingerprint density at radius 1 is 1.56 bits per heavy atom. The smallest absolute Gasteiger partial charge is 0.310 e. The lowest BCUT2D eigenvalue weighted by Crippen LogP contribution is -2.11. The van der Waals surface area contributed by atoms with Crippen molar-refractivity contribution in [1.29, 1.82) is 0 Å². The average molecular weight is 371 g/mol. The van der Waals surface area contributed by atoms with Gasteiger partial charge in [-0.25, -0.2) is 13.8 Å². The van der Waals surface area contributed by atoms with Crippen molar-refractivity contribution >= 4 is 28.6 Å². The van der Waals surface area contributed by atoms with Crippen molar-refractivity contribution in [1.82, 2.24) is 4.98 Å². The summed E-state index contributed by atoms with van der Waals surface area (Å²) in [5, 5.41) is 0. The molecule has 0 unspecified atom stereocenters. The third-order valence-corrected chi connectivity index (χ3v) is 3.20. The number of hydrogen-bond donors (Lipinski definition) is 0. The van der Waals surface area contributed by atoms with Crippen LogP contribution in [-0.2, 0) is 16.0 Å². The van der Waals surface area contributed by atoms with Crippen molar-refractivity contribution in [2.24, 2.45) is 0 Å². The van der Waals surface area contributed by atoms with Gasteiger partial charge in [0, 0.05) is 11.8 Å². The molecule has 0 bridgehead atoms. The molecule has 0 aliphatic carbocycles. The van der Waals surface area contributed by atoms with Crippen LogP contribution in [0.15, 0.2) is 6.20 Å². The van der Waals surface area contributed by atoms with Crippen molar-refractivity contribution in [2.75, 3.05) is 13.7 Å². The summed E-state index contributed by atoms with van der Waals surface area (Å²) >= 11 is 1.73. The van der Waals surface area contributed by atoms with E-state index in [1.54, 1.807) is 29.5 Å². The molecule has 18 heavy (non-hydrogen) atoms. The van der Waals surface area contributed by atoms with Gasteiger partial charge in [0.15, 0.2) is 0 Å². The Kier molecular flexibility index (Phi) is 5.70. The maximum absolute atomic E-state index is 13.0. The molecular formula is C11H12F2INO3. The summed E-state index contributed by atoms with van der Waals surface area (Å²) in [5.74, 6) is -0.430. The molecule has 0 saturated heterocycles. The molecule has 0 fully saturated rings. The molecule has 4 nitrogen and oxygen atoms in total. The summed E-state index contributed by atoms with van der Waals surface area (Å²) in [6, 6.07) is 0. The molecule has 7 heteroatoms. The van der Waals surface area contributed by atoms with E-state index >= 15 is 0 Å². The van der Waals surface area contributed by atoms with Gasteiger partial charge in [-0.15, -0.1) is 0 Å². The van der Waals surface area contributed by atoms with E-state index in [0.29, 0.717) is 0 Å². The molecule has 1 rings (SSSR count). The number of carbonyl (C=O) groups excluding carboxylic acids is 1. The molecule has 100 valence electrons. The highest BCUT2D eigenvalue weighted by molar-refractivity contribution is 14.1. The summed E-state index contributed by atoms with van der Waals surface area (Å²) in [6.45, 7) is 1.87. The fourth-order valence-corrected chi connectivity index (χ4v) is 2.35. The van der Waals surface area contributed by atoms with Crippen molar-refractivity contribution in [2.45, 2.75) is 19.8 Å². The third-order valence-electron chi connectivity index (χ3n) is 2.16. The Morgan fingerprint density at radius 3 is 2.72 bits per heavy atom. The standard InChI is InChI=1S/C11H12F2INO3/c1-3-18-7(16)4-6-5-15-11(17-2)9(14)8(6)10(12)13/h5,10H,3-4H2,1-2H3. The number of aromatic nitrogens is 1. The van der Waals surface area contributed by atoms with Gasteiger partial charge in [0.05, 0.1) is 23.7 Å². The fraction of sp³-hybridized carbons (Fsp3) is 0.455. The van der Waals surface area contributed by atoms with Crippen LogP contribution in [0.5, 0.6) is 5.88 Å². The van der Waals surface area contributed by atoms with Gasteiger partial charge in [-0.2, -0.15) is 0 Å². The first-order chi connectivity index (χ1) is 8.51. The summed E-state index contributed by atoms with van der Waals surface area (Å²) in [7, 11) is 1.35. The van der Waals surface area contributed by atoms with E-state index in [1.807, 2.05) is 0 Å². The number of esters is 1. The maximum atomic E-state index is 13.0. The number of pyridine rings is 1. The van der Waals surface area contributed by atoms with Crippen LogP contribution in [0.25, 0.3) is 0 Å². The fourth-order valence-electron chi connectivity index (χ4n) is 1.41. The zero-order valence-electron chi connectivity index (χ0n) is 9.87. The topological polar surface area (TPSA) is 48.4 Å². The van der Waals surface area contributed by atoms with Gasteiger partial charge in [0.25, 0.3) is 6.43 Å². The zero-order chi connectivity index (χ0) is 13.7. The van der Waals surface area contributed by atoms with E-state index in [4.69, 9.17) is 9.47 Å². The Morgan fingerprint density at radius 2 is 2.22 bits per heavy atom. The monoisotopic (exact) mass is 371 g/mol. The van der Waals surface area contributed by atoms with Crippen LogP contribution >= 0.6 is 22.6 Å². The first-order valence-electron chi connectivity index (χ1n) is 5.16. The molecule has 1 heterocycles. The first kappa shape index (κ1) is 15.1. The van der Waals surface area contributed by atoms with Crippen LogP contribution in [0.2, 0.25) is 0 Å². The molecule has 0 amide bonds. The van der Waals surface area contributed by atoms with E-state index in [0.717, 1.165) is 0 Å². The number of halogens is 3. The molecule has 0 spiro atoms. The first-order valence-corrected chi connectivity index (χ1v) is 6.24. The van der Waals surface area contributed by atoms with Gasteiger partial charge >= 0.3 is 5.97 Å². The Hall–Kier alpha value is -0.990. The predicted octanol–water partition coefficient (Wildman–Crippen LogP) is 2.74. The minimum Gasteiger partial charge on any atom is -0.480 e. The number of alkyl halides is 2. The summed E-state index contributed by atoms with van der Waals surface area (Å²) in [4.78, 5) is 15.2. The minimum atomic E-state index is -2.70. The van der Waals surface area contributed by atoms with Gasteiger partial charge in [-0.3, -0.25) is 4.79 Å². The quantitative estimate of drug-likeness (QED) is 0.590. The molecule has 0 aromatic carbocycles. The molecule has 1 aromatic rings. The maximum Gasteiger partial charge on any atom is 0.310 e. The molecule has 0 atom stereocenters. The second kappa shape index (κ2) is 6.81. The summed E-state index contributed by atoms with van der Waals surface area (Å²) < 4.78 is 35.8. The highest BCUT2D eigenvalue weighted by Gasteiger charge is 2.22. The van der Waals surface area contributed by atoms with Gasteiger partial charge in [0.1, 0.15) is 0 Å². The molecule has 0 saturated carbocycles. The third kappa shape index (κ3) is 3.50. The van der Waals surface area contributed by atoms with Crippen LogP contribution in [-0.4, -0.2) is 24.7 Å². The molecule has 0 aliphatic heterocycles. The van der Waals surface area contributed by atoms with Crippen molar-refractivity contribution in [3.05, 3.63) is 20.9 Å². The second-order valence-corrected chi connectivity index (χ2v) is 4.38. The lowest BCUT2D eigenvalue weighted by atomic mass is 10.1. The van der Waals surface area contributed by atoms with Crippen LogP contribution < -0.4 is 4.74 Å². The highest BCUT2D eigenvalue weighted by Crippen LogP contribution is 2.32. The van der Waals surface area contributed by atoms with E-state index in [-0.39, 0.29) is 33.6 Å². The second-order valence-electron chi connectivity index (χ2n) is 3.30. The average Bonchev–Trinajstić information content (AvgIpc) is 2.29. The number of carbonyl (C=O) groups is 1. The zero-order valence-corrected chi connectivity index (χ0v) is 12.0. The largest absolute Gasteiger partial charge is 0.480 e. The number of methoxy groups -OCH3 is 1. The summed E-state index contributed by atoms with van der Waals surface area (Å²) in [5.41, 5.74) is -0.0656. The van der Waals surface area contributed by atoms with E-state index in [1.165, 1.54) is 13.3 Å². The molecule has 1 aromatic heterocycles. The Balaban J connectivity index is 3.11. The number of hydrogen-bond acceptors (Lipinski definition) is 4. The van der Waals surface area contributed by atoms with Crippen LogP contribution in [0.3, 0.4) is 0 Å². The van der Waals surface area contributed by atoms with E-state index in [2.05, 4.69) is 4.98 Å². The number of ether oxygens (including phenoxy) is 2. The molecule has 0 N–H and O–H groups in total. The van der Waals surface area contributed by atoms with Crippen molar-refractivity contribution in [3.63, 3.8) is 0 Å². The predicted molar refractivity (Wildman–Crippen MR) is 68.8 cm³/mol. The van der Waals surface area contributed by atoms with Crippen LogP contribution in [0, 0.1) is 3.57 Å². The normalized spacial score (nSPS) is 10.6. The molecule has 0 aliphatic rings. The van der Waals surface area contributed by atoms with Gasteiger partial charge < -0.3 is 9.47 Å². The van der Waals surface area contributed by atoms with Gasteiger partial charge in [-0.05, 0) is 35.1 Å². The Labute approximate surface area is 117 Å². The van der Waals surface area contributed by atoms with Gasteiger partial charge in [0.2, 0.25) is 5.88 Å². The van der Waals surface area contributed by atoms with Crippen LogP contribution in [0.1, 0.15) is 24.5 Å². The summed E-state index contributed by atoms with van der Waals surface area (Å²) in [6.07, 6.45) is -1.70. The minimum absolute atomic E-state index is 0.124. The lowest BCUT2D eigenvalue weighted by Gasteiger charge is -2.12. The van der Waals surface area contributed by atoms with E-state index < -0.39 is 12.4 Å². The molecule has 0 radical (unpaired) electrons. The molecular weight excluding hydrogens is 359 g/mol. The highest BCUT2D eigenvalue weighted by atomic mass is 127. The lowest BCUT2D eigenvalue weighted by molar-refractivity contribution is -0.142. The SMILES string of the molecule is CCOC(=O)Cc1cnc(OC)c(I)c1C(F)F. The van der Waals surface area contributed by atoms with Crippen molar-refractivity contribution < 1.29 is 23.0 Å².